The lowest BCUT2D eigenvalue weighted by molar-refractivity contribution is 0.0598. The van der Waals surface area contributed by atoms with Crippen molar-refractivity contribution in [3.8, 4) is 5.75 Å². The van der Waals surface area contributed by atoms with Crippen molar-refractivity contribution in [2.45, 2.75) is 29.1 Å². The van der Waals surface area contributed by atoms with Gasteiger partial charge in [0.15, 0.2) is 11.6 Å². The molecule has 0 saturated carbocycles. The third-order valence-electron chi connectivity index (χ3n) is 4.27. The first kappa shape index (κ1) is 17.0. The van der Waals surface area contributed by atoms with Crippen LogP contribution in [0.5, 0.6) is 5.75 Å². The van der Waals surface area contributed by atoms with E-state index in [0.29, 0.717) is 19.7 Å². The maximum Gasteiger partial charge on any atom is 0.243 e. The molecular formula is C15H20FNO4S2. The molecule has 2 aliphatic rings. The van der Waals surface area contributed by atoms with Crippen molar-refractivity contribution >= 4 is 21.8 Å². The van der Waals surface area contributed by atoms with Crippen LogP contribution in [0.25, 0.3) is 0 Å². The Balaban J connectivity index is 1.70. The first-order valence-corrected chi connectivity index (χ1v) is 9.92. The zero-order valence-corrected chi connectivity index (χ0v) is 14.8. The van der Waals surface area contributed by atoms with Crippen LogP contribution in [-0.4, -0.2) is 56.1 Å². The molecule has 128 valence electrons. The first-order valence-electron chi connectivity index (χ1n) is 7.49. The van der Waals surface area contributed by atoms with Gasteiger partial charge in [-0.1, -0.05) is 0 Å². The molecule has 2 fully saturated rings. The SMILES string of the molecule is CCO[C@H]1CSC2(C1)CN(S(=O)(=O)c1ccc(OC)c(F)c1)C2. The first-order chi connectivity index (χ1) is 10.9. The lowest BCUT2D eigenvalue weighted by atomic mass is 9.95. The predicted octanol–water partition coefficient (Wildman–Crippen LogP) is 2.12. The Morgan fingerprint density at radius 2 is 2.17 bits per heavy atom. The summed E-state index contributed by atoms with van der Waals surface area (Å²) in [6.07, 6.45) is 1.07. The molecule has 2 aliphatic heterocycles. The third kappa shape index (κ3) is 3.09. The molecule has 2 heterocycles. The number of benzene rings is 1. The predicted molar refractivity (Wildman–Crippen MR) is 86.9 cm³/mol. The molecule has 0 amide bonds. The van der Waals surface area contributed by atoms with Crippen molar-refractivity contribution in [2.75, 3.05) is 32.6 Å². The van der Waals surface area contributed by atoms with Gasteiger partial charge >= 0.3 is 0 Å². The minimum absolute atomic E-state index is 0.0324. The minimum Gasteiger partial charge on any atom is -0.494 e. The van der Waals surface area contributed by atoms with Gasteiger partial charge in [-0.15, -0.1) is 11.8 Å². The second-order valence-electron chi connectivity index (χ2n) is 5.84. The lowest BCUT2D eigenvalue weighted by Crippen LogP contribution is -2.60. The van der Waals surface area contributed by atoms with E-state index in [4.69, 9.17) is 9.47 Å². The van der Waals surface area contributed by atoms with Gasteiger partial charge in [0.25, 0.3) is 0 Å². The number of methoxy groups -OCH3 is 1. The normalized spacial score (nSPS) is 23.9. The molecule has 8 heteroatoms. The molecule has 0 bridgehead atoms. The van der Waals surface area contributed by atoms with Crippen molar-refractivity contribution in [3.05, 3.63) is 24.0 Å². The van der Waals surface area contributed by atoms with Gasteiger partial charge in [0.1, 0.15) is 0 Å². The molecule has 0 radical (unpaired) electrons. The number of hydrogen-bond acceptors (Lipinski definition) is 5. The fourth-order valence-corrected chi connectivity index (χ4v) is 6.43. The van der Waals surface area contributed by atoms with Gasteiger partial charge in [-0.05, 0) is 31.5 Å². The van der Waals surface area contributed by atoms with Gasteiger partial charge in [0.05, 0.1) is 18.1 Å². The van der Waals surface area contributed by atoms with Crippen LogP contribution in [0.3, 0.4) is 0 Å². The van der Waals surface area contributed by atoms with Crippen molar-refractivity contribution in [3.63, 3.8) is 0 Å². The highest BCUT2D eigenvalue weighted by Gasteiger charge is 2.53. The molecule has 1 spiro atoms. The van der Waals surface area contributed by atoms with Crippen LogP contribution in [0.15, 0.2) is 23.1 Å². The maximum atomic E-state index is 13.8. The van der Waals surface area contributed by atoms with Gasteiger partial charge < -0.3 is 9.47 Å². The number of nitrogens with zero attached hydrogens (tertiary/aromatic N) is 1. The fraction of sp³-hybridized carbons (Fsp3) is 0.600. The highest BCUT2D eigenvalue weighted by atomic mass is 32.2. The fourth-order valence-electron chi connectivity index (χ4n) is 3.09. The third-order valence-corrected chi connectivity index (χ3v) is 7.63. The Kier molecular flexibility index (Phi) is 4.61. The highest BCUT2D eigenvalue weighted by Crippen LogP contribution is 2.47. The maximum absolute atomic E-state index is 13.8. The van der Waals surface area contributed by atoms with Crippen LogP contribution in [0.4, 0.5) is 4.39 Å². The Bertz CT molecular complexity index is 689. The summed E-state index contributed by atoms with van der Waals surface area (Å²) in [5, 5.41) is 0. The molecule has 23 heavy (non-hydrogen) atoms. The number of sulfonamides is 1. The molecule has 0 aromatic heterocycles. The van der Waals surface area contributed by atoms with E-state index in [1.807, 2.05) is 6.92 Å². The molecule has 1 aromatic rings. The summed E-state index contributed by atoms with van der Waals surface area (Å²) in [6, 6.07) is 3.74. The summed E-state index contributed by atoms with van der Waals surface area (Å²) in [5.41, 5.74) is 0. The van der Waals surface area contributed by atoms with Gasteiger partial charge in [-0.3, -0.25) is 0 Å². The summed E-state index contributed by atoms with van der Waals surface area (Å²) >= 11 is 1.78. The molecule has 3 rings (SSSR count). The average molecular weight is 361 g/mol. The van der Waals surface area contributed by atoms with E-state index in [0.717, 1.165) is 18.2 Å². The van der Waals surface area contributed by atoms with Crippen LogP contribution >= 0.6 is 11.8 Å². The molecule has 0 N–H and O–H groups in total. The van der Waals surface area contributed by atoms with Gasteiger partial charge in [0.2, 0.25) is 10.0 Å². The molecule has 1 atom stereocenters. The van der Waals surface area contributed by atoms with Crippen LogP contribution in [0.2, 0.25) is 0 Å². The van der Waals surface area contributed by atoms with E-state index < -0.39 is 15.8 Å². The second kappa shape index (κ2) is 6.23. The number of hydrogen-bond donors (Lipinski definition) is 0. The van der Waals surface area contributed by atoms with Crippen LogP contribution in [0.1, 0.15) is 13.3 Å². The van der Waals surface area contributed by atoms with Crippen LogP contribution in [-0.2, 0) is 14.8 Å². The Hall–Kier alpha value is -0.830. The van der Waals surface area contributed by atoms with Crippen molar-refractivity contribution in [1.29, 1.82) is 0 Å². The summed E-state index contributed by atoms with van der Waals surface area (Å²) in [7, 11) is -2.31. The zero-order valence-electron chi connectivity index (χ0n) is 13.1. The van der Waals surface area contributed by atoms with E-state index in [2.05, 4.69) is 0 Å². The Morgan fingerprint density at radius 1 is 1.43 bits per heavy atom. The topological polar surface area (TPSA) is 55.8 Å². The second-order valence-corrected chi connectivity index (χ2v) is 9.27. The van der Waals surface area contributed by atoms with E-state index in [-0.39, 0.29) is 21.5 Å². The lowest BCUT2D eigenvalue weighted by Gasteiger charge is -2.46. The van der Waals surface area contributed by atoms with Crippen molar-refractivity contribution < 1.29 is 22.3 Å². The average Bonchev–Trinajstić information content (AvgIpc) is 2.90. The standard InChI is InChI=1S/C15H20FNO4S2/c1-3-21-11-7-15(22-8-11)9-17(10-15)23(18,19)12-4-5-14(20-2)13(16)6-12/h4-6,11H,3,7-10H2,1-2H3/t11-/m1/s1. The number of ether oxygens (including phenoxy) is 2. The Morgan fingerprint density at radius 3 is 2.78 bits per heavy atom. The minimum atomic E-state index is -3.66. The van der Waals surface area contributed by atoms with E-state index in [1.54, 1.807) is 11.8 Å². The van der Waals surface area contributed by atoms with Crippen molar-refractivity contribution in [2.24, 2.45) is 0 Å². The van der Waals surface area contributed by atoms with Crippen molar-refractivity contribution in [1.82, 2.24) is 4.31 Å². The monoisotopic (exact) mass is 361 g/mol. The summed E-state index contributed by atoms with van der Waals surface area (Å²) in [5.74, 6) is 0.268. The van der Waals surface area contributed by atoms with E-state index in [1.165, 1.54) is 23.5 Å². The van der Waals surface area contributed by atoms with Gasteiger partial charge in [-0.25, -0.2) is 12.8 Å². The van der Waals surface area contributed by atoms with Gasteiger partial charge in [0, 0.05) is 30.2 Å². The summed E-state index contributed by atoms with van der Waals surface area (Å²) in [4.78, 5) is -0.0324. The molecule has 0 unspecified atom stereocenters. The zero-order chi connectivity index (χ0) is 16.7. The van der Waals surface area contributed by atoms with Crippen LogP contribution in [0, 0.1) is 5.82 Å². The number of thioether (sulfide) groups is 1. The van der Waals surface area contributed by atoms with Crippen LogP contribution < -0.4 is 4.74 Å². The van der Waals surface area contributed by atoms with Gasteiger partial charge in [-0.2, -0.15) is 4.31 Å². The smallest absolute Gasteiger partial charge is 0.243 e. The number of halogens is 1. The largest absolute Gasteiger partial charge is 0.494 e. The molecule has 2 saturated heterocycles. The molecule has 0 aliphatic carbocycles. The highest BCUT2D eigenvalue weighted by molar-refractivity contribution is 8.01. The summed E-state index contributed by atoms with van der Waals surface area (Å²) in [6.45, 7) is 3.55. The molecule has 1 aromatic carbocycles. The summed E-state index contributed by atoms with van der Waals surface area (Å²) < 4.78 is 50.8. The molecular weight excluding hydrogens is 341 g/mol. The quantitative estimate of drug-likeness (QED) is 0.804. The Labute approximate surface area is 140 Å². The molecule has 5 nitrogen and oxygen atoms in total. The number of rotatable bonds is 5. The van der Waals surface area contributed by atoms with E-state index in [9.17, 15) is 12.8 Å². The van der Waals surface area contributed by atoms with E-state index >= 15 is 0 Å².